The molecule has 0 aromatic carbocycles. The van der Waals surface area contributed by atoms with E-state index in [1.165, 1.54) is 0 Å². The molecule has 6 atom stereocenters. The van der Waals surface area contributed by atoms with Crippen LogP contribution in [0.5, 0.6) is 0 Å². The van der Waals surface area contributed by atoms with Crippen LogP contribution in [0.15, 0.2) is 0 Å². The van der Waals surface area contributed by atoms with E-state index in [1.54, 1.807) is 0 Å². The van der Waals surface area contributed by atoms with Crippen molar-refractivity contribution in [2.45, 2.75) is 36.8 Å². The Bertz CT molecular complexity index is 281. The molecule has 1 saturated heterocycles. The molecule has 0 saturated carbocycles. The summed E-state index contributed by atoms with van der Waals surface area (Å²) in [6.45, 7) is -1.51. The lowest BCUT2D eigenvalue weighted by Crippen LogP contribution is -2.60. The second kappa shape index (κ2) is 6.38. The molecule has 9 heteroatoms. The molecule has 0 spiro atoms. The SMILES string of the molecule is O=C(O)[C@@H](CO)O[C@H]1O[C@H](CO)[C@@H](O)[C@H](O)[C@H]1O. The minimum atomic E-state index is -1.70. The van der Waals surface area contributed by atoms with E-state index in [0.29, 0.717) is 0 Å². The van der Waals surface area contributed by atoms with Crippen molar-refractivity contribution in [3.8, 4) is 0 Å². The van der Waals surface area contributed by atoms with Gasteiger partial charge in [0.25, 0.3) is 0 Å². The Kier molecular flexibility index (Phi) is 5.41. The zero-order valence-corrected chi connectivity index (χ0v) is 9.29. The molecule has 1 aliphatic heterocycles. The number of carboxylic acids is 1. The number of ether oxygens (including phenoxy) is 2. The second-order valence-corrected chi connectivity index (χ2v) is 3.84. The predicted molar refractivity (Wildman–Crippen MR) is 53.4 cm³/mol. The van der Waals surface area contributed by atoms with Crippen LogP contribution >= 0.6 is 0 Å². The van der Waals surface area contributed by atoms with Crippen LogP contribution in [0, 0.1) is 0 Å². The van der Waals surface area contributed by atoms with Gasteiger partial charge in [-0.25, -0.2) is 4.79 Å². The summed E-state index contributed by atoms with van der Waals surface area (Å²) in [5.41, 5.74) is 0. The average Bonchev–Trinajstić information content (AvgIpc) is 2.35. The van der Waals surface area contributed by atoms with Crippen LogP contribution in [0.25, 0.3) is 0 Å². The highest BCUT2D eigenvalue weighted by Crippen LogP contribution is 2.22. The van der Waals surface area contributed by atoms with Gasteiger partial charge in [-0.1, -0.05) is 0 Å². The van der Waals surface area contributed by atoms with Gasteiger partial charge in [0.2, 0.25) is 0 Å². The molecule has 0 bridgehead atoms. The highest BCUT2D eigenvalue weighted by atomic mass is 16.7. The predicted octanol–water partition coefficient (Wildman–Crippen LogP) is -3.75. The van der Waals surface area contributed by atoms with E-state index in [-0.39, 0.29) is 0 Å². The number of aliphatic carboxylic acids is 1. The van der Waals surface area contributed by atoms with Crippen molar-refractivity contribution in [3.63, 3.8) is 0 Å². The minimum Gasteiger partial charge on any atom is -0.479 e. The Morgan fingerprint density at radius 1 is 1.17 bits per heavy atom. The van der Waals surface area contributed by atoms with Crippen LogP contribution in [-0.2, 0) is 14.3 Å². The van der Waals surface area contributed by atoms with Crippen molar-refractivity contribution in [1.29, 1.82) is 0 Å². The number of hydrogen-bond acceptors (Lipinski definition) is 8. The van der Waals surface area contributed by atoms with Gasteiger partial charge in [-0.15, -0.1) is 0 Å². The van der Waals surface area contributed by atoms with Crippen molar-refractivity contribution in [1.82, 2.24) is 0 Å². The Balaban J connectivity index is 2.72. The van der Waals surface area contributed by atoms with Gasteiger partial charge in [0.1, 0.15) is 24.4 Å². The summed E-state index contributed by atoms with van der Waals surface area (Å²) < 4.78 is 9.67. The molecule has 0 aliphatic carbocycles. The molecule has 6 N–H and O–H groups in total. The van der Waals surface area contributed by atoms with Gasteiger partial charge < -0.3 is 40.1 Å². The van der Waals surface area contributed by atoms with Crippen molar-refractivity contribution in [3.05, 3.63) is 0 Å². The van der Waals surface area contributed by atoms with Crippen molar-refractivity contribution in [2.75, 3.05) is 13.2 Å². The number of rotatable bonds is 5. The summed E-state index contributed by atoms with van der Waals surface area (Å²) in [7, 11) is 0. The van der Waals surface area contributed by atoms with E-state index >= 15 is 0 Å². The van der Waals surface area contributed by atoms with Crippen LogP contribution in [0.3, 0.4) is 0 Å². The largest absolute Gasteiger partial charge is 0.479 e. The second-order valence-electron chi connectivity index (χ2n) is 3.84. The van der Waals surface area contributed by atoms with Crippen LogP contribution in [0.2, 0.25) is 0 Å². The molecule has 106 valence electrons. The Morgan fingerprint density at radius 3 is 2.22 bits per heavy atom. The molecule has 1 fully saturated rings. The fourth-order valence-electron chi connectivity index (χ4n) is 1.52. The van der Waals surface area contributed by atoms with E-state index < -0.39 is 56.0 Å². The molecular weight excluding hydrogens is 252 g/mol. The van der Waals surface area contributed by atoms with Gasteiger partial charge in [0, 0.05) is 0 Å². The minimum absolute atomic E-state index is 0.651. The van der Waals surface area contributed by atoms with Crippen LogP contribution in [0.1, 0.15) is 0 Å². The number of aliphatic hydroxyl groups is 5. The van der Waals surface area contributed by atoms with Crippen LogP contribution in [-0.4, -0.2) is 86.6 Å². The smallest absolute Gasteiger partial charge is 0.335 e. The van der Waals surface area contributed by atoms with Gasteiger partial charge in [0.05, 0.1) is 13.2 Å². The maximum atomic E-state index is 10.6. The fraction of sp³-hybridized carbons (Fsp3) is 0.889. The maximum absolute atomic E-state index is 10.6. The summed E-state index contributed by atoms with van der Waals surface area (Å²) in [5.74, 6) is -1.48. The number of hydrogen-bond donors (Lipinski definition) is 6. The van der Waals surface area contributed by atoms with Gasteiger partial charge in [0.15, 0.2) is 12.4 Å². The molecule has 1 aliphatic rings. The average molecular weight is 268 g/mol. The lowest BCUT2D eigenvalue weighted by molar-refractivity contribution is -0.311. The van der Waals surface area contributed by atoms with Gasteiger partial charge in [-0.2, -0.15) is 0 Å². The third-order valence-electron chi connectivity index (χ3n) is 2.59. The summed E-state index contributed by atoms with van der Waals surface area (Å²) in [5, 5.41) is 54.7. The standard InChI is InChI=1S/C9H16O9/c10-1-3-5(12)6(13)7(14)9(17-3)18-4(2-11)8(15)16/h3-7,9-14H,1-2H2,(H,15,16)/t3-,4-,5-,6+,7-,9-/m1/s1. The Labute approximate surface area is 102 Å². The first-order chi connectivity index (χ1) is 8.42. The number of carbonyl (C=O) groups is 1. The molecule has 0 unspecified atom stereocenters. The summed E-state index contributed by atoms with van der Waals surface area (Å²) in [4.78, 5) is 10.6. The summed E-state index contributed by atoms with van der Waals surface area (Å²) >= 11 is 0. The van der Waals surface area contributed by atoms with Gasteiger partial charge >= 0.3 is 5.97 Å². The lowest BCUT2D eigenvalue weighted by atomic mass is 9.99. The first-order valence-electron chi connectivity index (χ1n) is 5.22. The van der Waals surface area contributed by atoms with E-state index in [2.05, 4.69) is 0 Å². The normalized spacial score (nSPS) is 38.4. The quantitative estimate of drug-likeness (QED) is 0.294. The molecule has 9 nitrogen and oxygen atoms in total. The van der Waals surface area contributed by atoms with Crippen molar-refractivity contribution < 1.29 is 44.9 Å². The molecule has 1 heterocycles. The van der Waals surface area contributed by atoms with Gasteiger partial charge in [-0.05, 0) is 0 Å². The van der Waals surface area contributed by atoms with Crippen LogP contribution in [0.4, 0.5) is 0 Å². The molecule has 0 aromatic heterocycles. The highest BCUT2D eigenvalue weighted by molar-refractivity contribution is 5.72. The summed E-state index contributed by atoms with van der Waals surface area (Å²) in [6, 6.07) is 0. The number of aliphatic hydroxyl groups excluding tert-OH is 5. The monoisotopic (exact) mass is 268 g/mol. The zero-order chi connectivity index (χ0) is 13.9. The third-order valence-corrected chi connectivity index (χ3v) is 2.59. The van der Waals surface area contributed by atoms with Crippen molar-refractivity contribution in [2.24, 2.45) is 0 Å². The maximum Gasteiger partial charge on any atom is 0.335 e. The van der Waals surface area contributed by atoms with Gasteiger partial charge in [-0.3, -0.25) is 0 Å². The Hall–Kier alpha value is -0.810. The van der Waals surface area contributed by atoms with Crippen molar-refractivity contribution >= 4 is 5.97 Å². The molecule has 0 amide bonds. The zero-order valence-electron chi connectivity index (χ0n) is 9.29. The molecule has 18 heavy (non-hydrogen) atoms. The molecular formula is C9H16O9. The number of carboxylic acid groups (broad SMARTS) is 1. The van der Waals surface area contributed by atoms with Crippen LogP contribution < -0.4 is 0 Å². The third kappa shape index (κ3) is 3.14. The summed E-state index contributed by atoms with van der Waals surface area (Å²) in [6.07, 6.45) is -9.32. The van der Waals surface area contributed by atoms with E-state index in [4.69, 9.17) is 24.8 Å². The first kappa shape index (κ1) is 15.2. The topological polar surface area (TPSA) is 157 Å². The first-order valence-corrected chi connectivity index (χ1v) is 5.22. The molecule has 1 rings (SSSR count). The van der Waals surface area contributed by atoms with E-state index in [9.17, 15) is 20.1 Å². The van der Waals surface area contributed by atoms with E-state index in [0.717, 1.165) is 0 Å². The molecule has 0 aromatic rings. The molecule has 0 radical (unpaired) electrons. The fourth-order valence-corrected chi connectivity index (χ4v) is 1.52. The Morgan fingerprint density at radius 2 is 1.78 bits per heavy atom. The van der Waals surface area contributed by atoms with E-state index in [1.807, 2.05) is 0 Å². The lowest BCUT2D eigenvalue weighted by Gasteiger charge is -2.40. The highest BCUT2D eigenvalue weighted by Gasteiger charge is 2.45.